The van der Waals surface area contributed by atoms with E-state index in [9.17, 15) is 14.0 Å². The molecule has 0 bridgehead atoms. The minimum Gasteiger partial charge on any atom is -0.497 e. The number of nitrogens with one attached hydrogen (secondary N) is 1. The fourth-order valence-corrected chi connectivity index (χ4v) is 2.86. The number of hydrogen-bond acceptors (Lipinski definition) is 3. The van der Waals surface area contributed by atoms with Crippen LogP contribution in [-0.4, -0.2) is 25.5 Å². The Morgan fingerprint density at radius 3 is 2.52 bits per heavy atom. The molecule has 6 heteroatoms. The first-order valence-corrected chi connectivity index (χ1v) is 8.06. The second-order valence-electron chi connectivity index (χ2n) is 5.87. The Balaban J connectivity index is 1.60. The number of benzene rings is 2. The molecule has 1 aliphatic heterocycles. The van der Waals surface area contributed by atoms with Gasteiger partial charge in [-0.1, -0.05) is 12.1 Å². The maximum Gasteiger partial charge on any atom is 0.239 e. The van der Waals surface area contributed by atoms with E-state index < -0.39 is 5.92 Å². The van der Waals surface area contributed by atoms with Crippen LogP contribution >= 0.6 is 0 Å². The van der Waals surface area contributed by atoms with Crippen molar-refractivity contribution < 1.29 is 18.7 Å². The van der Waals surface area contributed by atoms with Crippen molar-refractivity contribution in [2.45, 2.75) is 13.0 Å². The molecule has 1 N–H and O–H groups in total. The molecule has 1 atom stereocenters. The standard InChI is InChI=1S/C19H19FN2O3/c1-25-16-8-6-15(7-9-16)22-11-10-17(19(22)24)18(23)21-12-13-2-4-14(20)5-3-13/h2-9,17H,10-12H2,1H3,(H,21,23). The summed E-state index contributed by atoms with van der Waals surface area (Å²) in [5, 5.41) is 2.75. The number of amides is 2. The van der Waals surface area contributed by atoms with E-state index >= 15 is 0 Å². The molecule has 1 unspecified atom stereocenters. The van der Waals surface area contributed by atoms with Gasteiger partial charge in [-0.25, -0.2) is 4.39 Å². The van der Waals surface area contributed by atoms with Crippen LogP contribution in [0.5, 0.6) is 5.75 Å². The van der Waals surface area contributed by atoms with Crippen LogP contribution in [0.3, 0.4) is 0 Å². The zero-order valence-electron chi connectivity index (χ0n) is 13.9. The highest BCUT2D eigenvalue weighted by Crippen LogP contribution is 2.27. The third-order valence-electron chi connectivity index (χ3n) is 4.29. The highest BCUT2D eigenvalue weighted by Gasteiger charge is 2.37. The van der Waals surface area contributed by atoms with E-state index in [0.29, 0.717) is 18.7 Å². The molecule has 5 nitrogen and oxygen atoms in total. The molecule has 2 aromatic rings. The quantitative estimate of drug-likeness (QED) is 0.850. The van der Waals surface area contributed by atoms with Crippen LogP contribution in [0.25, 0.3) is 0 Å². The molecule has 0 saturated carbocycles. The van der Waals surface area contributed by atoms with Crippen LogP contribution in [0, 0.1) is 11.7 Å². The van der Waals surface area contributed by atoms with E-state index in [1.165, 1.54) is 12.1 Å². The normalized spacial score (nSPS) is 16.8. The topological polar surface area (TPSA) is 58.6 Å². The summed E-state index contributed by atoms with van der Waals surface area (Å²) in [7, 11) is 1.58. The lowest BCUT2D eigenvalue weighted by Crippen LogP contribution is -2.36. The lowest BCUT2D eigenvalue weighted by molar-refractivity contribution is -0.132. The van der Waals surface area contributed by atoms with Crippen LogP contribution in [-0.2, 0) is 16.1 Å². The molecule has 0 spiro atoms. The predicted molar refractivity (Wildman–Crippen MR) is 91.7 cm³/mol. The van der Waals surface area contributed by atoms with E-state index in [2.05, 4.69) is 5.32 Å². The van der Waals surface area contributed by atoms with Gasteiger partial charge in [0.2, 0.25) is 11.8 Å². The number of rotatable bonds is 5. The van der Waals surface area contributed by atoms with Gasteiger partial charge in [0.25, 0.3) is 0 Å². The zero-order valence-corrected chi connectivity index (χ0v) is 13.9. The Labute approximate surface area is 145 Å². The van der Waals surface area contributed by atoms with E-state index in [1.54, 1.807) is 48.4 Å². The first kappa shape index (κ1) is 17.0. The van der Waals surface area contributed by atoms with Crippen molar-refractivity contribution in [3.05, 3.63) is 59.9 Å². The summed E-state index contributed by atoms with van der Waals surface area (Å²) in [5.74, 6) is -0.810. The molecule has 1 heterocycles. The second kappa shape index (κ2) is 7.34. The van der Waals surface area contributed by atoms with Gasteiger partial charge in [0.15, 0.2) is 0 Å². The van der Waals surface area contributed by atoms with Crippen LogP contribution in [0.2, 0.25) is 0 Å². The average molecular weight is 342 g/mol. The van der Waals surface area contributed by atoms with E-state index in [-0.39, 0.29) is 24.2 Å². The third kappa shape index (κ3) is 3.79. The number of anilines is 1. The number of carbonyl (C=O) groups excluding carboxylic acids is 2. The second-order valence-corrected chi connectivity index (χ2v) is 5.87. The molecule has 2 amide bonds. The number of hydrogen-bond donors (Lipinski definition) is 1. The molecule has 1 aliphatic rings. The number of ether oxygens (including phenoxy) is 1. The molecule has 0 aliphatic carbocycles. The smallest absolute Gasteiger partial charge is 0.239 e. The van der Waals surface area contributed by atoms with Crippen molar-refractivity contribution in [2.75, 3.05) is 18.6 Å². The van der Waals surface area contributed by atoms with Crippen LogP contribution in [0.1, 0.15) is 12.0 Å². The molecule has 0 aromatic heterocycles. The van der Waals surface area contributed by atoms with Gasteiger partial charge in [0.1, 0.15) is 17.5 Å². The molecule has 1 saturated heterocycles. The Morgan fingerprint density at radius 2 is 1.88 bits per heavy atom. The molecule has 130 valence electrons. The van der Waals surface area contributed by atoms with Crippen molar-refractivity contribution in [1.29, 1.82) is 0 Å². The molecule has 0 radical (unpaired) electrons. The lowest BCUT2D eigenvalue weighted by Gasteiger charge is -2.17. The maximum absolute atomic E-state index is 12.9. The predicted octanol–water partition coefficient (Wildman–Crippen LogP) is 2.50. The first-order valence-electron chi connectivity index (χ1n) is 8.06. The molecule has 1 fully saturated rings. The van der Waals surface area contributed by atoms with Crippen molar-refractivity contribution in [3.8, 4) is 5.75 Å². The molecule has 2 aromatic carbocycles. The number of methoxy groups -OCH3 is 1. The summed E-state index contributed by atoms with van der Waals surface area (Å²) in [6.07, 6.45) is 0.472. The van der Waals surface area contributed by atoms with Gasteiger partial charge in [-0.15, -0.1) is 0 Å². The average Bonchev–Trinajstić information content (AvgIpc) is 3.02. The summed E-state index contributed by atoms with van der Waals surface area (Å²) >= 11 is 0. The van der Waals surface area contributed by atoms with Crippen molar-refractivity contribution >= 4 is 17.5 Å². The van der Waals surface area contributed by atoms with Gasteiger partial charge in [0.05, 0.1) is 7.11 Å². The zero-order chi connectivity index (χ0) is 17.8. The van der Waals surface area contributed by atoms with E-state index in [1.807, 2.05) is 0 Å². The third-order valence-corrected chi connectivity index (χ3v) is 4.29. The molecule has 25 heavy (non-hydrogen) atoms. The van der Waals surface area contributed by atoms with Gasteiger partial charge in [-0.05, 0) is 48.4 Å². The molecular weight excluding hydrogens is 323 g/mol. The first-order chi connectivity index (χ1) is 12.1. The number of halogens is 1. The fraction of sp³-hybridized carbons (Fsp3) is 0.263. The van der Waals surface area contributed by atoms with Crippen molar-refractivity contribution in [1.82, 2.24) is 5.32 Å². The minimum atomic E-state index is -0.692. The van der Waals surface area contributed by atoms with Gasteiger partial charge in [-0.2, -0.15) is 0 Å². The summed E-state index contributed by atoms with van der Waals surface area (Å²) in [6.45, 7) is 0.769. The number of nitrogens with zero attached hydrogens (tertiary/aromatic N) is 1. The van der Waals surface area contributed by atoms with Gasteiger partial charge >= 0.3 is 0 Å². The summed E-state index contributed by atoms with van der Waals surface area (Å²) in [4.78, 5) is 26.5. The van der Waals surface area contributed by atoms with Crippen LogP contribution in [0.15, 0.2) is 48.5 Å². The van der Waals surface area contributed by atoms with Crippen LogP contribution in [0.4, 0.5) is 10.1 Å². The summed E-state index contributed by atoms with van der Waals surface area (Å²) < 4.78 is 18.0. The Morgan fingerprint density at radius 1 is 1.20 bits per heavy atom. The summed E-state index contributed by atoms with van der Waals surface area (Å²) in [5.41, 5.74) is 1.53. The lowest BCUT2D eigenvalue weighted by atomic mass is 10.1. The Kier molecular flexibility index (Phi) is 4.97. The molecule has 3 rings (SSSR count). The van der Waals surface area contributed by atoms with Gasteiger partial charge in [-0.3, -0.25) is 9.59 Å². The van der Waals surface area contributed by atoms with E-state index in [0.717, 1.165) is 11.3 Å². The van der Waals surface area contributed by atoms with Gasteiger partial charge in [0, 0.05) is 18.8 Å². The maximum atomic E-state index is 12.9. The minimum absolute atomic E-state index is 0.207. The Bertz CT molecular complexity index is 759. The van der Waals surface area contributed by atoms with Gasteiger partial charge < -0.3 is 15.0 Å². The largest absolute Gasteiger partial charge is 0.497 e. The van der Waals surface area contributed by atoms with E-state index in [4.69, 9.17) is 4.74 Å². The number of carbonyl (C=O) groups is 2. The SMILES string of the molecule is COc1ccc(N2CCC(C(=O)NCc3ccc(F)cc3)C2=O)cc1. The highest BCUT2D eigenvalue weighted by molar-refractivity contribution is 6.09. The fourth-order valence-electron chi connectivity index (χ4n) is 2.86. The Hall–Kier alpha value is -2.89. The van der Waals surface area contributed by atoms with Crippen LogP contribution < -0.4 is 15.0 Å². The summed E-state index contributed by atoms with van der Waals surface area (Å²) in [6, 6.07) is 13.1. The highest BCUT2D eigenvalue weighted by atomic mass is 19.1. The molecular formula is C19H19FN2O3. The monoisotopic (exact) mass is 342 g/mol. The van der Waals surface area contributed by atoms with Crippen molar-refractivity contribution in [3.63, 3.8) is 0 Å². The van der Waals surface area contributed by atoms with Crippen molar-refractivity contribution in [2.24, 2.45) is 5.92 Å².